The zero-order valence-corrected chi connectivity index (χ0v) is 12.2. The van der Waals surface area contributed by atoms with E-state index in [1.807, 2.05) is 0 Å². The smallest absolute Gasteiger partial charge is 0.255 e. The van der Waals surface area contributed by atoms with E-state index in [0.29, 0.717) is 22.5 Å². The normalized spacial score (nSPS) is 19.5. The van der Waals surface area contributed by atoms with Crippen LogP contribution in [-0.4, -0.2) is 35.6 Å². The van der Waals surface area contributed by atoms with Crippen molar-refractivity contribution in [2.75, 3.05) is 19.7 Å². The number of aliphatic hydroxyl groups excluding tert-OH is 1. The number of hydrogen-bond acceptors (Lipinski definition) is 2. The molecule has 1 saturated heterocycles. The highest BCUT2D eigenvalue weighted by atomic mass is 79.9. The second-order valence-electron chi connectivity index (χ2n) is 4.90. The minimum absolute atomic E-state index is 0.0745. The molecule has 5 heteroatoms. The van der Waals surface area contributed by atoms with Crippen LogP contribution in [0.4, 0.5) is 4.39 Å². The third-order valence-electron chi connectivity index (χ3n) is 3.51. The molecular weight excluding hydrogens is 313 g/mol. The first kappa shape index (κ1) is 14.5. The predicted molar refractivity (Wildman–Crippen MR) is 74.4 cm³/mol. The van der Waals surface area contributed by atoms with Crippen molar-refractivity contribution in [1.82, 2.24) is 4.90 Å². The first-order valence-electron chi connectivity index (χ1n) is 6.47. The van der Waals surface area contributed by atoms with E-state index in [1.54, 1.807) is 4.90 Å². The Morgan fingerprint density at radius 2 is 2.32 bits per heavy atom. The van der Waals surface area contributed by atoms with E-state index in [4.69, 9.17) is 5.11 Å². The van der Waals surface area contributed by atoms with Gasteiger partial charge in [-0.1, -0.05) is 0 Å². The lowest BCUT2D eigenvalue weighted by atomic mass is 9.94. The molecule has 0 saturated carbocycles. The lowest BCUT2D eigenvalue weighted by Gasteiger charge is -2.32. The average molecular weight is 330 g/mol. The zero-order chi connectivity index (χ0) is 13.8. The van der Waals surface area contributed by atoms with Crippen LogP contribution in [0.25, 0.3) is 0 Å². The van der Waals surface area contributed by atoms with Crippen LogP contribution in [0.5, 0.6) is 0 Å². The summed E-state index contributed by atoms with van der Waals surface area (Å²) in [5.74, 6) is -0.0725. The Bertz CT molecular complexity index is 465. The van der Waals surface area contributed by atoms with Gasteiger partial charge in [-0.05, 0) is 59.3 Å². The van der Waals surface area contributed by atoms with Gasteiger partial charge >= 0.3 is 0 Å². The molecule has 1 unspecified atom stereocenters. The first-order valence-corrected chi connectivity index (χ1v) is 7.26. The van der Waals surface area contributed by atoms with Gasteiger partial charge in [0.15, 0.2) is 0 Å². The number of rotatable bonds is 3. The van der Waals surface area contributed by atoms with Gasteiger partial charge in [0.05, 0.1) is 5.56 Å². The lowest BCUT2D eigenvalue weighted by Crippen LogP contribution is -2.40. The average Bonchev–Trinajstić information content (AvgIpc) is 2.39. The molecule has 1 aliphatic heterocycles. The van der Waals surface area contributed by atoms with Crippen LogP contribution in [-0.2, 0) is 0 Å². The Balaban J connectivity index is 2.10. The van der Waals surface area contributed by atoms with E-state index >= 15 is 0 Å². The molecule has 1 aliphatic rings. The topological polar surface area (TPSA) is 40.5 Å². The van der Waals surface area contributed by atoms with E-state index in [1.165, 1.54) is 18.2 Å². The number of likely N-dealkylation sites (tertiary alicyclic amines) is 1. The molecule has 0 spiro atoms. The van der Waals surface area contributed by atoms with E-state index in [9.17, 15) is 9.18 Å². The molecule has 1 N–H and O–H groups in total. The third kappa shape index (κ3) is 3.54. The second kappa shape index (κ2) is 6.48. The predicted octanol–water partition coefficient (Wildman–Crippen LogP) is 2.82. The maximum absolute atomic E-state index is 13.0. The van der Waals surface area contributed by atoms with Gasteiger partial charge in [-0.25, -0.2) is 4.39 Å². The molecule has 3 nitrogen and oxygen atoms in total. The molecule has 19 heavy (non-hydrogen) atoms. The van der Waals surface area contributed by atoms with Crippen LogP contribution in [0.2, 0.25) is 0 Å². The first-order chi connectivity index (χ1) is 9.11. The van der Waals surface area contributed by atoms with Gasteiger partial charge < -0.3 is 10.0 Å². The summed E-state index contributed by atoms with van der Waals surface area (Å²) in [6.45, 7) is 1.56. The fraction of sp³-hybridized carbons (Fsp3) is 0.500. The molecule has 1 heterocycles. The second-order valence-corrected chi connectivity index (χ2v) is 5.75. The van der Waals surface area contributed by atoms with Crippen LogP contribution in [0, 0.1) is 11.7 Å². The van der Waals surface area contributed by atoms with E-state index in [-0.39, 0.29) is 18.3 Å². The molecule has 1 aromatic rings. The Morgan fingerprint density at radius 3 is 3.00 bits per heavy atom. The van der Waals surface area contributed by atoms with Crippen molar-refractivity contribution in [1.29, 1.82) is 0 Å². The van der Waals surface area contributed by atoms with Gasteiger partial charge in [0.1, 0.15) is 5.82 Å². The lowest BCUT2D eigenvalue weighted by molar-refractivity contribution is 0.0652. The highest BCUT2D eigenvalue weighted by Gasteiger charge is 2.25. The Hall–Kier alpha value is -0.940. The summed E-state index contributed by atoms with van der Waals surface area (Å²) in [5, 5.41) is 8.98. The van der Waals surface area contributed by atoms with E-state index in [0.717, 1.165) is 25.8 Å². The monoisotopic (exact) mass is 329 g/mol. The van der Waals surface area contributed by atoms with Crippen molar-refractivity contribution in [3.05, 3.63) is 34.1 Å². The van der Waals surface area contributed by atoms with Gasteiger partial charge in [-0.2, -0.15) is 0 Å². The Kier molecular flexibility index (Phi) is 4.93. The SMILES string of the molecule is O=C(c1ccc(F)cc1Br)N1CCCC(CCO)C1. The van der Waals surface area contributed by atoms with Gasteiger partial charge in [-0.3, -0.25) is 4.79 Å². The van der Waals surface area contributed by atoms with Gasteiger partial charge in [-0.15, -0.1) is 0 Å². The molecule has 1 amide bonds. The largest absolute Gasteiger partial charge is 0.396 e. The summed E-state index contributed by atoms with van der Waals surface area (Å²) >= 11 is 3.23. The number of hydrogen-bond donors (Lipinski definition) is 1. The Labute approximate surface area is 120 Å². The molecule has 104 valence electrons. The fourth-order valence-electron chi connectivity index (χ4n) is 2.50. The quantitative estimate of drug-likeness (QED) is 0.926. The van der Waals surface area contributed by atoms with E-state index < -0.39 is 0 Å². The van der Waals surface area contributed by atoms with Crippen molar-refractivity contribution in [2.45, 2.75) is 19.3 Å². The van der Waals surface area contributed by atoms with Crippen molar-refractivity contribution in [3.8, 4) is 0 Å². The third-order valence-corrected chi connectivity index (χ3v) is 4.16. The van der Waals surface area contributed by atoms with Crippen LogP contribution >= 0.6 is 15.9 Å². The summed E-state index contributed by atoms with van der Waals surface area (Å²) in [6, 6.07) is 4.12. The molecule has 0 aliphatic carbocycles. The van der Waals surface area contributed by atoms with Crippen LogP contribution in [0.3, 0.4) is 0 Å². The fourth-order valence-corrected chi connectivity index (χ4v) is 3.02. The van der Waals surface area contributed by atoms with E-state index in [2.05, 4.69) is 15.9 Å². The van der Waals surface area contributed by atoms with Crippen LogP contribution in [0.1, 0.15) is 29.6 Å². The molecule has 0 aromatic heterocycles. The van der Waals surface area contributed by atoms with Gasteiger partial charge in [0, 0.05) is 24.2 Å². The summed E-state index contributed by atoms with van der Waals surface area (Å²) < 4.78 is 13.5. The van der Waals surface area contributed by atoms with Gasteiger partial charge in [0.2, 0.25) is 0 Å². The zero-order valence-electron chi connectivity index (χ0n) is 10.6. The van der Waals surface area contributed by atoms with Crippen molar-refractivity contribution >= 4 is 21.8 Å². The summed E-state index contributed by atoms with van der Waals surface area (Å²) in [5.41, 5.74) is 0.492. The maximum Gasteiger partial charge on any atom is 0.255 e. The minimum atomic E-state index is -0.361. The highest BCUT2D eigenvalue weighted by molar-refractivity contribution is 9.10. The molecule has 2 rings (SSSR count). The summed E-state index contributed by atoms with van der Waals surface area (Å²) in [7, 11) is 0. The van der Waals surface area contributed by atoms with Crippen LogP contribution < -0.4 is 0 Å². The number of carbonyl (C=O) groups is 1. The molecule has 0 radical (unpaired) electrons. The van der Waals surface area contributed by atoms with Crippen molar-refractivity contribution in [3.63, 3.8) is 0 Å². The number of aliphatic hydroxyl groups is 1. The van der Waals surface area contributed by atoms with Crippen LogP contribution in [0.15, 0.2) is 22.7 Å². The molecule has 1 aromatic carbocycles. The molecule has 0 bridgehead atoms. The number of halogens is 2. The van der Waals surface area contributed by atoms with Crippen molar-refractivity contribution < 1.29 is 14.3 Å². The number of benzene rings is 1. The standard InChI is InChI=1S/C14H17BrFNO2/c15-13-8-11(16)3-4-12(13)14(19)17-6-1-2-10(9-17)5-7-18/h3-4,8,10,18H,1-2,5-7,9H2. The number of piperidine rings is 1. The number of carbonyl (C=O) groups excluding carboxylic acids is 1. The molecule has 1 fully saturated rings. The summed E-state index contributed by atoms with van der Waals surface area (Å²) in [6.07, 6.45) is 2.73. The van der Waals surface area contributed by atoms with Crippen molar-refractivity contribution in [2.24, 2.45) is 5.92 Å². The summed E-state index contributed by atoms with van der Waals surface area (Å²) in [4.78, 5) is 14.2. The minimum Gasteiger partial charge on any atom is -0.396 e. The molecular formula is C14H17BrFNO2. The molecule has 1 atom stereocenters. The number of nitrogens with zero attached hydrogens (tertiary/aromatic N) is 1. The Morgan fingerprint density at radius 1 is 1.53 bits per heavy atom. The maximum atomic E-state index is 13.0. The highest BCUT2D eigenvalue weighted by Crippen LogP contribution is 2.24. The van der Waals surface area contributed by atoms with Gasteiger partial charge in [0.25, 0.3) is 5.91 Å². The number of amides is 1.